The van der Waals surface area contributed by atoms with E-state index in [0.29, 0.717) is 18.7 Å². The lowest BCUT2D eigenvalue weighted by Gasteiger charge is -2.15. The molecule has 0 heterocycles. The van der Waals surface area contributed by atoms with Crippen molar-refractivity contribution in [1.29, 1.82) is 0 Å². The Labute approximate surface area is 126 Å². The molecule has 0 aromatic heterocycles. The van der Waals surface area contributed by atoms with E-state index in [-0.39, 0.29) is 18.0 Å². The first-order chi connectivity index (χ1) is 10.5. The van der Waals surface area contributed by atoms with Gasteiger partial charge in [-0.25, -0.2) is 13.2 Å². The summed E-state index contributed by atoms with van der Waals surface area (Å²) in [5.41, 5.74) is 0.914. The fourth-order valence-electron chi connectivity index (χ4n) is 1.98. The van der Waals surface area contributed by atoms with Crippen molar-refractivity contribution in [2.45, 2.75) is 13.3 Å². The van der Waals surface area contributed by atoms with Crippen molar-refractivity contribution in [3.8, 4) is 0 Å². The minimum Gasteiger partial charge on any atom is -0.396 e. The zero-order valence-corrected chi connectivity index (χ0v) is 12.1. The predicted octanol–water partition coefficient (Wildman–Crippen LogP) is 3.95. The van der Waals surface area contributed by atoms with Crippen LogP contribution in [0.3, 0.4) is 0 Å². The summed E-state index contributed by atoms with van der Waals surface area (Å²) in [4.78, 5) is 0. The molecule has 2 aromatic rings. The molecule has 0 radical (unpaired) electrons. The van der Waals surface area contributed by atoms with Crippen LogP contribution < -0.4 is 10.6 Å². The van der Waals surface area contributed by atoms with Crippen LogP contribution in [0.1, 0.15) is 12.0 Å². The Morgan fingerprint density at radius 3 is 2.41 bits per heavy atom. The van der Waals surface area contributed by atoms with E-state index < -0.39 is 17.5 Å². The van der Waals surface area contributed by atoms with E-state index in [0.717, 1.165) is 11.6 Å². The Morgan fingerprint density at radius 1 is 1.00 bits per heavy atom. The van der Waals surface area contributed by atoms with Gasteiger partial charge >= 0.3 is 0 Å². The normalized spacial score (nSPS) is 10.6. The summed E-state index contributed by atoms with van der Waals surface area (Å²) in [6.07, 6.45) is 0.456. The number of aliphatic hydroxyl groups excluding tert-OH is 1. The van der Waals surface area contributed by atoms with E-state index in [1.54, 1.807) is 13.0 Å². The monoisotopic (exact) mass is 310 g/mol. The number of rotatable bonds is 6. The van der Waals surface area contributed by atoms with E-state index in [2.05, 4.69) is 10.6 Å². The molecule has 0 aliphatic heterocycles. The molecule has 0 saturated carbocycles. The average Bonchev–Trinajstić information content (AvgIpc) is 2.48. The van der Waals surface area contributed by atoms with Gasteiger partial charge in [-0.2, -0.15) is 0 Å². The maximum atomic E-state index is 14.0. The van der Waals surface area contributed by atoms with Gasteiger partial charge in [0.25, 0.3) is 0 Å². The van der Waals surface area contributed by atoms with Crippen molar-refractivity contribution in [3.05, 3.63) is 53.3 Å². The van der Waals surface area contributed by atoms with Gasteiger partial charge in [-0.15, -0.1) is 0 Å². The van der Waals surface area contributed by atoms with Crippen LogP contribution in [-0.2, 0) is 0 Å². The quantitative estimate of drug-likeness (QED) is 0.708. The molecule has 3 nitrogen and oxygen atoms in total. The second-order valence-electron chi connectivity index (χ2n) is 4.90. The standard InChI is InChI=1S/C16H17F3N2O/c1-10-3-5-13(12(18)9-10)21-16-14(20-7-2-8-22)6-4-11(17)15(16)19/h3-6,9,20-22H,2,7-8H2,1H3. The number of hydrogen-bond donors (Lipinski definition) is 3. The SMILES string of the molecule is Cc1ccc(Nc2c(NCCCO)ccc(F)c2F)c(F)c1. The molecule has 0 unspecified atom stereocenters. The molecule has 0 bridgehead atoms. The fraction of sp³-hybridized carbons (Fsp3) is 0.250. The van der Waals surface area contributed by atoms with Crippen LogP contribution in [0.2, 0.25) is 0 Å². The van der Waals surface area contributed by atoms with Crippen LogP contribution in [0.15, 0.2) is 30.3 Å². The first-order valence-corrected chi connectivity index (χ1v) is 6.89. The summed E-state index contributed by atoms with van der Waals surface area (Å²) in [6, 6.07) is 6.80. The van der Waals surface area contributed by atoms with E-state index in [9.17, 15) is 13.2 Å². The van der Waals surface area contributed by atoms with Gasteiger partial charge in [0.2, 0.25) is 0 Å². The molecular weight excluding hydrogens is 293 g/mol. The van der Waals surface area contributed by atoms with Crippen LogP contribution >= 0.6 is 0 Å². The Morgan fingerprint density at radius 2 is 1.73 bits per heavy atom. The Hall–Kier alpha value is -2.21. The topological polar surface area (TPSA) is 44.3 Å². The highest BCUT2D eigenvalue weighted by Crippen LogP contribution is 2.31. The maximum absolute atomic E-state index is 14.0. The highest BCUT2D eigenvalue weighted by atomic mass is 19.2. The summed E-state index contributed by atoms with van der Waals surface area (Å²) in [7, 11) is 0. The molecule has 0 amide bonds. The van der Waals surface area contributed by atoms with Crippen molar-refractivity contribution in [2.24, 2.45) is 0 Å². The lowest BCUT2D eigenvalue weighted by atomic mass is 10.2. The van der Waals surface area contributed by atoms with Crippen LogP contribution in [-0.4, -0.2) is 18.3 Å². The number of aliphatic hydroxyl groups is 1. The molecule has 6 heteroatoms. The lowest BCUT2D eigenvalue weighted by molar-refractivity contribution is 0.292. The molecule has 0 saturated heterocycles. The number of nitrogens with one attached hydrogen (secondary N) is 2. The highest BCUT2D eigenvalue weighted by Gasteiger charge is 2.15. The Kier molecular flexibility index (Phi) is 5.27. The molecule has 2 aromatic carbocycles. The smallest absolute Gasteiger partial charge is 0.184 e. The van der Waals surface area contributed by atoms with Gasteiger partial charge in [0.1, 0.15) is 11.5 Å². The van der Waals surface area contributed by atoms with Crippen molar-refractivity contribution in [2.75, 3.05) is 23.8 Å². The first kappa shape index (κ1) is 16.2. The highest BCUT2D eigenvalue weighted by molar-refractivity contribution is 5.75. The van der Waals surface area contributed by atoms with Crippen LogP contribution in [0.4, 0.5) is 30.2 Å². The molecule has 0 fully saturated rings. The van der Waals surface area contributed by atoms with Crippen LogP contribution in [0.5, 0.6) is 0 Å². The molecule has 0 spiro atoms. The molecule has 0 aliphatic carbocycles. The van der Waals surface area contributed by atoms with Crippen LogP contribution in [0.25, 0.3) is 0 Å². The molecule has 0 aliphatic rings. The molecule has 118 valence electrons. The zero-order valence-electron chi connectivity index (χ0n) is 12.1. The fourth-order valence-corrected chi connectivity index (χ4v) is 1.98. The summed E-state index contributed by atoms with van der Waals surface area (Å²) >= 11 is 0. The summed E-state index contributed by atoms with van der Waals surface area (Å²) in [5.74, 6) is -2.67. The largest absolute Gasteiger partial charge is 0.396 e. The molecule has 22 heavy (non-hydrogen) atoms. The Balaban J connectivity index is 2.33. The molecule has 3 N–H and O–H groups in total. The van der Waals surface area contributed by atoms with Crippen LogP contribution in [0, 0.1) is 24.4 Å². The predicted molar refractivity (Wildman–Crippen MR) is 81.0 cm³/mol. The first-order valence-electron chi connectivity index (χ1n) is 6.89. The third-order valence-electron chi connectivity index (χ3n) is 3.13. The molecule has 2 rings (SSSR count). The second-order valence-corrected chi connectivity index (χ2v) is 4.90. The van der Waals surface area contributed by atoms with Gasteiger partial charge < -0.3 is 15.7 Å². The van der Waals surface area contributed by atoms with Gasteiger partial charge in [0, 0.05) is 13.2 Å². The third kappa shape index (κ3) is 3.71. The minimum absolute atomic E-state index is 0.0218. The van der Waals surface area contributed by atoms with Crippen molar-refractivity contribution < 1.29 is 18.3 Å². The summed E-state index contributed by atoms with van der Waals surface area (Å²) in [5, 5.41) is 14.2. The van der Waals surface area contributed by atoms with Gasteiger partial charge in [0.15, 0.2) is 11.6 Å². The number of anilines is 3. The number of aryl methyl sites for hydroxylation is 1. The van der Waals surface area contributed by atoms with Crippen molar-refractivity contribution >= 4 is 17.1 Å². The third-order valence-corrected chi connectivity index (χ3v) is 3.13. The van der Waals surface area contributed by atoms with E-state index in [4.69, 9.17) is 5.11 Å². The van der Waals surface area contributed by atoms with Gasteiger partial charge in [-0.05, 0) is 43.2 Å². The van der Waals surface area contributed by atoms with E-state index in [1.807, 2.05) is 0 Å². The van der Waals surface area contributed by atoms with Gasteiger partial charge in [0.05, 0.1) is 11.4 Å². The Bertz CT molecular complexity index is 662. The average molecular weight is 310 g/mol. The van der Waals surface area contributed by atoms with Crippen molar-refractivity contribution in [3.63, 3.8) is 0 Å². The van der Waals surface area contributed by atoms with Crippen molar-refractivity contribution in [1.82, 2.24) is 0 Å². The number of hydrogen-bond acceptors (Lipinski definition) is 3. The van der Waals surface area contributed by atoms with Gasteiger partial charge in [-0.1, -0.05) is 6.07 Å². The van der Waals surface area contributed by atoms with E-state index >= 15 is 0 Å². The maximum Gasteiger partial charge on any atom is 0.184 e. The summed E-state index contributed by atoms with van der Waals surface area (Å²) in [6.45, 7) is 2.09. The molecule has 0 atom stereocenters. The second kappa shape index (κ2) is 7.17. The van der Waals surface area contributed by atoms with Gasteiger partial charge in [-0.3, -0.25) is 0 Å². The zero-order chi connectivity index (χ0) is 16.1. The molecular formula is C16H17F3N2O. The summed E-state index contributed by atoms with van der Waals surface area (Å²) < 4.78 is 41.3. The minimum atomic E-state index is -1.09. The number of halogens is 3. The van der Waals surface area contributed by atoms with E-state index in [1.165, 1.54) is 18.2 Å². The lowest BCUT2D eigenvalue weighted by Crippen LogP contribution is -2.08. The number of benzene rings is 2.